The van der Waals surface area contributed by atoms with Crippen LogP contribution in [0.3, 0.4) is 0 Å². The smallest absolute Gasteiger partial charge is 0.326 e. The number of hydrogen-bond acceptors (Lipinski definition) is 2. The molecule has 2 saturated carbocycles. The lowest BCUT2D eigenvalue weighted by atomic mass is 9.94. The number of nitrogens with zero attached hydrogens (tertiary/aromatic N) is 1. The second kappa shape index (κ2) is 4.69. The summed E-state index contributed by atoms with van der Waals surface area (Å²) < 4.78 is 0. The number of carbonyl (C=O) groups excluding carboxylic acids is 1. The molecule has 3 aliphatic rings. The van der Waals surface area contributed by atoms with E-state index >= 15 is 0 Å². The summed E-state index contributed by atoms with van der Waals surface area (Å²) in [5, 5.41) is 12.3. The van der Waals surface area contributed by atoms with E-state index in [1.54, 1.807) is 4.90 Å². The van der Waals surface area contributed by atoms with E-state index in [4.69, 9.17) is 0 Å². The van der Waals surface area contributed by atoms with Crippen molar-refractivity contribution in [3.8, 4) is 0 Å². The molecule has 5 atom stereocenters. The number of carbonyl (C=O) groups is 2. The second-order valence-electron chi connectivity index (χ2n) is 6.45. The zero-order valence-corrected chi connectivity index (χ0v) is 11.3. The zero-order valence-electron chi connectivity index (χ0n) is 11.3. The number of rotatable bonds is 3. The van der Waals surface area contributed by atoms with Crippen LogP contribution in [0.15, 0.2) is 0 Å². The fraction of sp³-hybridized carbons (Fsp3) is 0.857. The Balaban J connectivity index is 1.62. The third-order valence-electron chi connectivity index (χ3n) is 5.20. The largest absolute Gasteiger partial charge is 0.480 e. The van der Waals surface area contributed by atoms with Crippen molar-refractivity contribution in [1.82, 2.24) is 10.2 Å². The number of aliphatic carboxylic acids is 1. The van der Waals surface area contributed by atoms with E-state index in [-0.39, 0.29) is 11.9 Å². The molecule has 2 aliphatic carbocycles. The van der Waals surface area contributed by atoms with Crippen molar-refractivity contribution in [1.29, 1.82) is 0 Å². The third-order valence-corrected chi connectivity index (χ3v) is 5.20. The van der Waals surface area contributed by atoms with Gasteiger partial charge in [-0.25, -0.2) is 9.59 Å². The molecule has 5 heteroatoms. The molecule has 3 rings (SSSR count). The van der Waals surface area contributed by atoms with Gasteiger partial charge in [0.1, 0.15) is 6.04 Å². The zero-order chi connectivity index (χ0) is 13.6. The third kappa shape index (κ3) is 2.30. The molecule has 5 nitrogen and oxygen atoms in total. The standard InChI is InChI=1S/C14H22N2O3/c1-8-5-10(8)6-15-14(19)16-7-9-3-2-4-11(9)12(16)13(17)18/h8-12H,2-7H2,1H3,(H,15,19)(H,17,18). The summed E-state index contributed by atoms with van der Waals surface area (Å²) in [5.41, 5.74) is 0. The van der Waals surface area contributed by atoms with Crippen molar-refractivity contribution in [2.24, 2.45) is 23.7 Å². The second-order valence-corrected chi connectivity index (χ2v) is 6.45. The number of hydrogen-bond donors (Lipinski definition) is 2. The SMILES string of the molecule is CC1CC1CNC(=O)N1CC2CCCC2C1C(=O)O. The highest BCUT2D eigenvalue weighted by molar-refractivity contribution is 5.83. The molecule has 106 valence electrons. The molecule has 2 amide bonds. The maximum Gasteiger partial charge on any atom is 0.326 e. The van der Waals surface area contributed by atoms with E-state index in [0.717, 1.165) is 19.3 Å². The number of nitrogens with one attached hydrogen (secondary N) is 1. The van der Waals surface area contributed by atoms with Gasteiger partial charge in [0.15, 0.2) is 0 Å². The molecule has 0 bridgehead atoms. The van der Waals surface area contributed by atoms with Gasteiger partial charge in [-0.2, -0.15) is 0 Å². The number of likely N-dealkylation sites (tertiary alicyclic amines) is 1. The van der Waals surface area contributed by atoms with Gasteiger partial charge < -0.3 is 15.3 Å². The Labute approximate surface area is 113 Å². The first-order chi connectivity index (χ1) is 9.08. The minimum atomic E-state index is -0.843. The normalized spacial score (nSPS) is 40.1. The first-order valence-corrected chi connectivity index (χ1v) is 7.35. The van der Waals surface area contributed by atoms with Crippen LogP contribution < -0.4 is 5.32 Å². The molecular weight excluding hydrogens is 244 g/mol. The van der Waals surface area contributed by atoms with E-state index in [0.29, 0.717) is 30.8 Å². The Morgan fingerprint density at radius 1 is 1.37 bits per heavy atom. The number of fused-ring (bicyclic) bond motifs is 1. The van der Waals surface area contributed by atoms with E-state index in [1.807, 2.05) is 0 Å². The van der Waals surface area contributed by atoms with E-state index < -0.39 is 12.0 Å². The van der Waals surface area contributed by atoms with Gasteiger partial charge in [0, 0.05) is 13.1 Å². The van der Waals surface area contributed by atoms with Gasteiger partial charge in [-0.05, 0) is 42.9 Å². The molecular formula is C14H22N2O3. The van der Waals surface area contributed by atoms with Crippen LogP contribution in [-0.4, -0.2) is 41.1 Å². The highest BCUT2D eigenvalue weighted by Gasteiger charge is 2.49. The highest BCUT2D eigenvalue weighted by atomic mass is 16.4. The van der Waals surface area contributed by atoms with Gasteiger partial charge in [0.25, 0.3) is 0 Å². The van der Waals surface area contributed by atoms with Crippen molar-refractivity contribution < 1.29 is 14.7 Å². The van der Waals surface area contributed by atoms with Crippen molar-refractivity contribution >= 4 is 12.0 Å². The van der Waals surface area contributed by atoms with Crippen molar-refractivity contribution in [3.63, 3.8) is 0 Å². The van der Waals surface area contributed by atoms with Crippen LogP contribution in [-0.2, 0) is 4.79 Å². The average molecular weight is 266 g/mol. The summed E-state index contributed by atoms with van der Waals surface area (Å²) >= 11 is 0. The maximum atomic E-state index is 12.2. The number of carboxylic acid groups (broad SMARTS) is 1. The molecule has 0 aromatic rings. The lowest BCUT2D eigenvalue weighted by molar-refractivity contribution is -0.142. The fourth-order valence-electron chi connectivity index (χ4n) is 3.83. The molecule has 0 radical (unpaired) electrons. The lowest BCUT2D eigenvalue weighted by Gasteiger charge is -2.24. The minimum Gasteiger partial charge on any atom is -0.480 e. The van der Waals surface area contributed by atoms with Crippen LogP contribution >= 0.6 is 0 Å². The number of amides is 2. The number of urea groups is 1. The summed E-state index contributed by atoms with van der Waals surface area (Å²) in [5.74, 6) is 1.02. The van der Waals surface area contributed by atoms with E-state index in [1.165, 1.54) is 6.42 Å². The predicted molar refractivity (Wildman–Crippen MR) is 69.6 cm³/mol. The van der Waals surface area contributed by atoms with Gasteiger partial charge in [0.2, 0.25) is 0 Å². The summed E-state index contributed by atoms with van der Waals surface area (Å²) in [6.45, 7) is 3.49. The van der Waals surface area contributed by atoms with Crippen molar-refractivity contribution in [2.45, 2.75) is 38.6 Å². The fourth-order valence-corrected chi connectivity index (χ4v) is 3.83. The Morgan fingerprint density at radius 2 is 2.11 bits per heavy atom. The van der Waals surface area contributed by atoms with Crippen LogP contribution in [0.4, 0.5) is 4.79 Å². The summed E-state index contributed by atoms with van der Waals surface area (Å²) in [6, 6.07) is -0.787. The van der Waals surface area contributed by atoms with Gasteiger partial charge in [-0.1, -0.05) is 13.3 Å². The molecule has 0 aromatic carbocycles. The molecule has 19 heavy (non-hydrogen) atoms. The van der Waals surface area contributed by atoms with Crippen LogP contribution in [0.25, 0.3) is 0 Å². The predicted octanol–water partition coefficient (Wildman–Crippen LogP) is 1.54. The van der Waals surface area contributed by atoms with Gasteiger partial charge >= 0.3 is 12.0 Å². The van der Waals surface area contributed by atoms with Crippen LogP contribution in [0.1, 0.15) is 32.6 Å². The molecule has 1 aliphatic heterocycles. The van der Waals surface area contributed by atoms with Crippen LogP contribution in [0, 0.1) is 23.7 Å². The molecule has 1 heterocycles. The van der Waals surface area contributed by atoms with Crippen molar-refractivity contribution in [3.05, 3.63) is 0 Å². The first-order valence-electron chi connectivity index (χ1n) is 7.35. The molecule has 0 aromatic heterocycles. The Bertz CT molecular complexity index is 398. The molecule has 3 fully saturated rings. The molecule has 1 saturated heterocycles. The van der Waals surface area contributed by atoms with Gasteiger partial charge in [-0.3, -0.25) is 0 Å². The summed E-state index contributed by atoms with van der Waals surface area (Å²) in [6.07, 6.45) is 4.30. The Kier molecular flexibility index (Phi) is 3.15. The van der Waals surface area contributed by atoms with Gasteiger partial charge in [0.05, 0.1) is 0 Å². The summed E-state index contributed by atoms with van der Waals surface area (Å²) in [7, 11) is 0. The highest BCUT2D eigenvalue weighted by Crippen LogP contribution is 2.42. The minimum absolute atomic E-state index is 0.170. The monoisotopic (exact) mass is 266 g/mol. The van der Waals surface area contributed by atoms with E-state index in [2.05, 4.69) is 12.2 Å². The van der Waals surface area contributed by atoms with Crippen LogP contribution in [0.5, 0.6) is 0 Å². The molecule has 5 unspecified atom stereocenters. The van der Waals surface area contributed by atoms with Crippen LogP contribution in [0.2, 0.25) is 0 Å². The topological polar surface area (TPSA) is 69.6 Å². The molecule has 2 N–H and O–H groups in total. The van der Waals surface area contributed by atoms with Crippen molar-refractivity contribution in [2.75, 3.05) is 13.1 Å². The quantitative estimate of drug-likeness (QED) is 0.814. The lowest BCUT2D eigenvalue weighted by Crippen LogP contribution is -2.48. The number of carboxylic acids is 1. The van der Waals surface area contributed by atoms with Gasteiger partial charge in [-0.15, -0.1) is 0 Å². The average Bonchev–Trinajstić information content (AvgIpc) is 2.77. The molecule has 0 spiro atoms. The maximum absolute atomic E-state index is 12.2. The van der Waals surface area contributed by atoms with E-state index in [9.17, 15) is 14.7 Å². The Hall–Kier alpha value is -1.26. The first kappa shape index (κ1) is 12.8. The Morgan fingerprint density at radius 3 is 2.74 bits per heavy atom. The summed E-state index contributed by atoms with van der Waals surface area (Å²) in [4.78, 5) is 25.2.